The number of aryl methyl sites for hydroxylation is 1. The third-order valence-electron chi connectivity index (χ3n) is 2.59. The second-order valence-electron chi connectivity index (χ2n) is 4.04. The maximum absolute atomic E-state index is 4.31. The summed E-state index contributed by atoms with van der Waals surface area (Å²) in [6.07, 6.45) is 4.62. The van der Waals surface area contributed by atoms with E-state index in [1.807, 2.05) is 6.07 Å². The summed E-state index contributed by atoms with van der Waals surface area (Å²) in [5, 5.41) is 0. The molecule has 88 valence electrons. The van der Waals surface area contributed by atoms with Crippen molar-refractivity contribution in [1.29, 1.82) is 0 Å². The average Bonchev–Trinajstić information content (AvgIpc) is 2.38. The summed E-state index contributed by atoms with van der Waals surface area (Å²) in [4.78, 5) is 10.8. The lowest BCUT2D eigenvalue weighted by Crippen LogP contribution is -2.20. The molecule has 0 fully saturated rings. The Morgan fingerprint density at radius 2 is 1.71 bits per heavy atom. The van der Waals surface area contributed by atoms with Crippen LogP contribution >= 0.6 is 0 Å². The van der Waals surface area contributed by atoms with Gasteiger partial charge in [-0.1, -0.05) is 24.6 Å². The first-order valence-electron chi connectivity index (χ1n) is 5.92. The molecule has 3 heteroatoms. The van der Waals surface area contributed by atoms with Crippen LogP contribution in [0.15, 0.2) is 42.7 Å². The van der Waals surface area contributed by atoms with Crippen molar-refractivity contribution in [3.05, 3.63) is 48.3 Å². The summed E-state index contributed by atoms with van der Waals surface area (Å²) < 4.78 is 0. The van der Waals surface area contributed by atoms with Crippen LogP contribution in [0.2, 0.25) is 0 Å². The molecule has 2 rings (SSSR count). The SMILES string of the molecule is CCCN(c1ccc(C)cc1)c1ncccn1. The Balaban J connectivity index is 2.32. The van der Waals surface area contributed by atoms with E-state index in [2.05, 4.69) is 53.0 Å². The number of nitrogens with zero attached hydrogens (tertiary/aromatic N) is 3. The topological polar surface area (TPSA) is 29.0 Å². The van der Waals surface area contributed by atoms with Crippen LogP contribution in [0.4, 0.5) is 11.6 Å². The predicted molar refractivity (Wildman–Crippen MR) is 70.5 cm³/mol. The van der Waals surface area contributed by atoms with Gasteiger partial charge in [0.1, 0.15) is 0 Å². The van der Waals surface area contributed by atoms with Crippen LogP contribution in [0.3, 0.4) is 0 Å². The van der Waals surface area contributed by atoms with Crippen molar-refractivity contribution in [3.8, 4) is 0 Å². The molecule has 0 N–H and O–H groups in total. The van der Waals surface area contributed by atoms with E-state index in [0.717, 1.165) is 24.6 Å². The smallest absolute Gasteiger partial charge is 0.229 e. The Morgan fingerprint density at radius 3 is 2.29 bits per heavy atom. The molecular formula is C14H17N3. The summed E-state index contributed by atoms with van der Waals surface area (Å²) in [6.45, 7) is 5.17. The molecule has 0 saturated heterocycles. The third-order valence-corrected chi connectivity index (χ3v) is 2.59. The maximum atomic E-state index is 4.31. The molecule has 0 atom stereocenters. The molecule has 1 heterocycles. The summed E-state index contributed by atoms with van der Waals surface area (Å²) in [5.41, 5.74) is 2.41. The van der Waals surface area contributed by atoms with Crippen molar-refractivity contribution < 1.29 is 0 Å². The fourth-order valence-electron chi connectivity index (χ4n) is 1.72. The number of benzene rings is 1. The highest BCUT2D eigenvalue weighted by Gasteiger charge is 2.09. The zero-order valence-corrected chi connectivity index (χ0v) is 10.3. The lowest BCUT2D eigenvalue weighted by atomic mass is 10.2. The van der Waals surface area contributed by atoms with E-state index in [9.17, 15) is 0 Å². The van der Waals surface area contributed by atoms with E-state index in [1.165, 1.54) is 5.56 Å². The van der Waals surface area contributed by atoms with Gasteiger partial charge in [0.2, 0.25) is 5.95 Å². The summed E-state index contributed by atoms with van der Waals surface area (Å²) >= 11 is 0. The highest BCUT2D eigenvalue weighted by atomic mass is 15.2. The van der Waals surface area contributed by atoms with Crippen molar-refractivity contribution in [2.75, 3.05) is 11.4 Å². The summed E-state index contributed by atoms with van der Waals surface area (Å²) in [5.74, 6) is 0.762. The molecule has 0 saturated carbocycles. The molecule has 3 nitrogen and oxygen atoms in total. The van der Waals surface area contributed by atoms with Gasteiger partial charge < -0.3 is 4.90 Å². The second-order valence-corrected chi connectivity index (χ2v) is 4.04. The van der Waals surface area contributed by atoms with Crippen LogP contribution in [0.1, 0.15) is 18.9 Å². The molecule has 0 bridgehead atoms. The van der Waals surface area contributed by atoms with Crippen LogP contribution in [0.25, 0.3) is 0 Å². The molecule has 0 unspecified atom stereocenters. The maximum Gasteiger partial charge on any atom is 0.229 e. The molecule has 2 aromatic rings. The van der Waals surface area contributed by atoms with E-state index in [-0.39, 0.29) is 0 Å². The van der Waals surface area contributed by atoms with Crippen LogP contribution in [-0.4, -0.2) is 16.5 Å². The van der Waals surface area contributed by atoms with E-state index >= 15 is 0 Å². The molecule has 0 spiro atoms. The Morgan fingerprint density at radius 1 is 1.06 bits per heavy atom. The molecule has 0 aliphatic carbocycles. The normalized spacial score (nSPS) is 10.2. The molecule has 1 aromatic carbocycles. The zero-order chi connectivity index (χ0) is 12.1. The first-order valence-corrected chi connectivity index (χ1v) is 5.92. The van der Waals surface area contributed by atoms with E-state index in [1.54, 1.807) is 12.4 Å². The Kier molecular flexibility index (Phi) is 3.70. The largest absolute Gasteiger partial charge is 0.311 e. The molecule has 1 aromatic heterocycles. The van der Waals surface area contributed by atoms with Crippen LogP contribution in [0.5, 0.6) is 0 Å². The van der Waals surface area contributed by atoms with Gasteiger partial charge in [-0.2, -0.15) is 0 Å². The second kappa shape index (κ2) is 5.43. The highest BCUT2D eigenvalue weighted by Crippen LogP contribution is 2.21. The number of rotatable bonds is 4. The fourth-order valence-corrected chi connectivity index (χ4v) is 1.72. The first-order chi connectivity index (χ1) is 8.31. The van der Waals surface area contributed by atoms with Gasteiger partial charge in [-0.15, -0.1) is 0 Å². The number of hydrogen-bond acceptors (Lipinski definition) is 3. The zero-order valence-electron chi connectivity index (χ0n) is 10.3. The lowest BCUT2D eigenvalue weighted by Gasteiger charge is -2.21. The fraction of sp³-hybridized carbons (Fsp3) is 0.286. The Labute approximate surface area is 102 Å². The molecule has 0 radical (unpaired) electrons. The van der Waals surface area contributed by atoms with Crippen molar-refractivity contribution in [3.63, 3.8) is 0 Å². The van der Waals surface area contributed by atoms with E-state index in [4.69, 9.17) is 0 Å². The standard InChI is InChI=1S/C14H17N3/c1-3-11-17(14-15-9-4-10-16-14)13-7-5-12(2)6-8-13/h4-10H,3,11H2,1-2H3. The van der Waals surface area contributed by atoms with Crippen molar-refractivity contribution >= 4 is 11.6 Å². The minimum atomic E-state index is 0.762. The predicted octanol–water partition coefficient (Wildman–Crippen LogP) is 3.33. The van der Waals surface area contributed by atoms with Gasteiger partial charge >= 0.3 is 0 Å². The monoisotopic (exact) mass is 227 g/mol. The number of aromatic nitrogens is 2. The highest BCUT2D eigenvalue weighted by molar-refractivity contribution is 5.57. The van der Waals surface area contributed by atoms with Gasteiger partial charge in [0, 0.05) is 24.6 Å². The Hall–Kier alpha value is -1.90. The quantitative estimate of drug-likeness (QED) is 0.802. The minimum absolute atomic E-state index is 0.762. The molecule has 0 aliphatic rings. The minimum Gasteiger partial charge on any atom is -0.311 e. The Bertz CT molecular complexity index is 451. The van der Waals surface area contributed by atoms with Gasteiger partial charge in [0.15, 0.2) is 0 Å². The third kappa shape index (κ3) is 2.81. The molecule has 0 amide bonds. The van der Waals surface area contributed by atoms with Gasteiger partial charge in [-0.25, -0.2) is 9.97 Å². The lowest BCUT2D eigenvalue weighted by molar-refractivity contribution is 0.852. The van der Waals surface area contributed by atoms with E-state index in [0.29, 0.717) is 0 Å². The van der Waals surface area contributed by atoms with Crippen molar-refractivity contribution in [2.45, 2.75) is 20.3 Å². The molecule has 0 aliphatic heterocycles. The van der Waals surface area contributed by atoms with E-state index < -0.39 is 0 Å². The van der Waals surface area contributed by atoms with Gasteiger partial charge in [-0.05, 0) is 31.5 Å². The summed E-state index contributed by atoms with van der Waals surface area (Å²) in [6, 6.07) is 10.3. The van der Waals surface area contributed by atoms with Gasteiger partial charge in [-0.3, -0.25) is 0 Å². The van der Waals surface area contributed by atoms with Crippen LogP contribution in [0, 0.1) is 6.92 Å². The van der Waals surface area contributed by atoms with Gasteiger partial charge in [0.25, 0.3) is 0 Å². The van der Waals surface area contributed by atoms with Gasteiger partial charge in [0.05, 0.1) is 0 Å². The average molecular weight is 227 g/mol. The molecular weight excluding hydrogens is 210 g/mol. The first kappa shape index (κ1) is 11.6. The summed E-state index contributed by atoms with van der Waals surface area (Å²) in [7, 11) is 0. The molecule has 17 heavy (non-hydrogen) atoms. The number of hydrogen-bond donors (Lipinski definition) is 0. The van der Waals surface area contributed by atoms with Crippen LogP contribution in [-0.2, 0) is 0 Å². The van der Waals surface area contributed by atoms with Crippen molar-refractivity contribution in [1.82, 2.24) is 9.97 Å². The number of anilines is 2. The van der Waals surface area contributed by atoms with Crippen LogP contribution < -0.4 is 4.90 Å². The van der Waals surface area contributed by atoms with Crippen molar-refractivity contribution in [2.24, 2.45) is 0 Å².